The number of piperidine rings is 1. The maximum Gasteiger partial charge on any atom is 0.223 e. The molecular weight excluding hydrogens is 344 g/mol. The molecule has 1 fully saturated rings. The van der Waals surface area contributed by atoms with Gasteiger partial charge in [-0.2, -0.15) is 0 Å². The Hall–Kier alpha value is -2.08. The number of aromatic nitrogens is 2. The molecule has 0 atom stereocenters. The zero-order valence-electron chi connectivity index (χ0n) is 15.4. The molecule has 1 aliphatic heterocycles. The van der Waals surface area contributed by atoms with E-state index in [0.717, 1.165) is 54.6 Å². The van der Waals surface area contributed by atoms with Crippen LogP contribution in [0.15, 0.2) is 46.6 Å². The van der Waals surface area contributed by atoms with Crippen molar-refractivity contribution in [1.82, 2.24) is 15.3 Å². The van der Waals surface area contributed by atoms with Crippen LogP contribution in [0, 0.1) is 12.8 Å². The zero-order valence-corrected chi connectivity index (χ0v) is 16.3. The van der Waals surface area contributed by atoms with Crippen LogP contribution < -0.4 is 10.2 Å². The summed E-state index contributed by atoms with van der Waals surface area (Å²) in [6, 6.07) is 8.45. The van der Waals surface area contributed by atoms with Gasteiger partial charge in [-0.25, -0.2) is 9.97 Å². The van der Waals surface area contributed by atoms with E-state index in [2.05, 4.69) is 58.3 Å². The molecule has 1 saturated heterocycles. The molecule has 5 nitrogen and oxygen atoms in total. The fourth-order valence-electron chi connectivity index (χ4n) is 3.07. The number of aryl methyl sites for hydroxylation is 1. The summed E-state index contributed by atoms with van der Waals surface area (Å²) in [6.07, 6.45) is 6.19. The van der Waals surface area contributed by atoms with Crippen molar-refractivity contribution >= 4 is 23.5 Å². The third-order valence-electron chi connectivity index (χ3n) is 4.60. The number of hydrogen-bond donors (Lipinski definition) is 1. The van der Waals surface area contributed by atoms with Crippen molar-refractivity contribution in [2.24, 2.45) is 5.92 Å². The number of benzene rings is 1. The second kappa shape index (κ2) is 9.03. The topological polar surface area (TPSA) is 58.1 Å². The highest BCUT2D eigenvalue weighted by molar-refractivity contribution is 7.99. The van der Waals surface area contributed by atoms with Gasteiger partial charge in [0.25, 0.3) is 0 Å². The van der Waals surface area contributed by atoms with Crippen molar-refractivity contribution in [2.45, 2.75) is 43.0 Å². The minimum absolute atomic E-state index is 0.114. The summed E-state index contributed by atoms with van der Waals surface area (Å²) in [5.74, 6) is 1.23. The molecule has 26 heavy (non-hydrogen) atoms. The van der Waals surface area contributed by atoms with Crippen molar-refractivity contribution in [3.8, 4) is 0 Å². The first-order valence-corrected chi connectivity index (χ1v) is 10.1. The van der Waals surface area contributed by atoms with E-state index in [4.69, 9.17) is 0 Å². The molecule has 0 spiro atoms. The maximum atomic E-state index is 12.2. The lowest BCUT2D eigenvalue weighted by molar-refractivity contribution is -0.125. The molecule has 6 heteroatoms. The molecule has 138 valence electrons. The Balaban J connectivity index is 1.65. The van der Waals surface area contributed by atoms with Gasteiger partial charge >= 0.3 is 0 Å². The fourth-order valence-corrected chi connectivity index (χ4v) is 3.95. The standard InChI is InChI=1S/C20H26N4OS/c1-3-10-22-19(25)16-8-13-24(14-9-16)18-20(23-12-11-21-18)26-17-6-4-15(2)5-7-17/h4-7,11-12,16H,3,8-10,13-14H2,1-2H3,(H,22,25). The summed E-state index contributed by atoms with van der Waals surface area (Å²) >= 11 is 1.64. The van der Waals surface area contributed by atoms with Crippen LogP contribution in [-0.4, -0.2) is 35.5 Å². The Morgan fingerprint density at radius 1 is 1.19 bits per heavy atom. The minimum atomic E-state index is 0.114. The van der Waals surface area contributed by atoms with Crippen LogP contribution in [0.4, 0.5) is 5.82 Å². The van der Waals surface area contributed by atoms with Gasteiger partial charge < -0.3 is 10.2 Å². The molecule has 2 aromatic rings. The van der Waals surface area contributed by atoms with Gasteiger partial charge in [0.1, 0.15) is 5.03 Å². The molecule has 0 saturated carbocycles. The lowest BCUT2D eigenvalue weighted by atomic mass is 9.96. The van der Waals surface area contributed by atoms with Crippen LogP contribution in [0.1, 0.15) is 31.7 Å². The van der Waals surface area contributed by atoms with Gasteiger partial charge in [-0.15, -0.1) is 0 Å². The number of hydrogen-bond acceptors (Lipinski definition) is 5. The Kier molecular flexibility index (Phi) is 6.50. The predicted molar refractivity (Wildman–Crippen MR) is 106 cm³/mol. The molecule has 1 aromatic heterocycles. The summed E-state index contributed by atoms with van der Waals surface area (Å²) in [6.45, 7) is 6.60. The van der Waals surface area contributed by atoms with E-state index in [1.165, 1.54) is 5.56 Å². The van der Waals surface area contributed by atoms with Crippen molar-refractivity contribution in [3.63, 3.8) is 0 Å². The monoisotopic (exact) mass is 370 g/mol. The van der Waals surface area contributed by atoms with Crippen molar-refractivity contribution in [3.05, 3.63) is 42.2 Å². The Morgan fingerprint density at radius 2 is 1.88 bits per heavy atom. The normalized spacial score (nSPS) is 15.1. The first kappa shape index (κ1) is 18.7. The molecule has 1 amide bonds. The smallest absolute Gasteiger partial charge is 0.223 e. The summed E-state index contributed by atoms with van der Waals surface area (Å²) in [7, 11) is 0. The fraction of sp³-hybridized carbons (Fsp3) is 0.450. The van der Waals surface area contributed by atoms with Gasteiger partial charge in [-0.3, -0.25) is 4.79 Å². The molecule has 3 rings (SSSR count). The van der Waals surface area contributed by atoms with Gasteiger partial charge in [-0.1, -0.05) is 36.4 Å². The lowest BCUT2D eigenvalue weighted by Crippen LogP contribution is -2.41. The SMILES string of the molecule is CCCNC(=O)C1CCN(c2nccnc2Sc2ccc(C)cc2)CC1. The Bertz CT molecular complexity index is 727. The molecule has 1 aromatic carbocycles. The molecule has 2 heterocycles. The van der Waals surface area contributed by atoms with Crippen molar-refractivity contribution < 1.29 is 4.79 Å². The predicted octanol–water partition coefficient (Wildman–Crippen LogP) is 3.68. The Morgan fingerprint density at radius 3 is 2.58 bits per heavy atom. The largest absolute Gasteiger partial charge is 0.356 e. The summed E-state index contributed by atoms with van der Waals surface area (Å²) in [5, 5.41) is 3.94. The molecule has 1 N–H and O–H groups in total. The van der Waals surface area contributed by atoms with Crippen LogP contribution in [0.3, 0.4) is 0 Å². The van der Waals surface area contributed by atoms with Crippen molar-refractivity contribution in [2.75, 3.05) is 24.5 Å². The quantitative estimate of drug-likeness (QED) is 0.841. The molecule has 0 bridgehead atoms. The number of carbonyl (C=O) groups is 1. The second-order valence-corrected chi connectivity index (χ2v) is 7.71. The van der Waals surface area contributed by atoms with Gasteiger partial charge in [-0.05, 0) is 38.3 Å². The number of anilines is 1. The Labute approximate surface area is 159 Å². The molecule has 0 radical (unpaired) electrons. The summed E-state index contributed by atoms with van der Waals surface area (Å²) in [4.78, 5) is 24.7. The first-order valence-electron chi connectivity index (χ1n) is 9.25. The lowest BCUT2D eigenvalue weighted by Gasteiger charge is -2.32. The van der Waals surface area contributed by atoms with Crippen LogP contribution in [0.5, 0.6) is 0 Å². The third-order valence-corrected chi connectivity index (χ3v) is 5.59. The van der Waals surface area contributed by atoms with E-state index in [0.29, 0.717) is 0 Å². The average Bonchev–Trinajstić information content (AvgIpc) is 2.68. The van der Waals surface area contributed by atoms with Crippen LogP contribution in [-0.2, 0) is 4.79 Å². The maximum absolute atomic E-state index is 12.2. The van der Waals surface area contributed by atoms with E-state index >= 15 is 0 Å². The third kappa shape index (κ3) is 4.75. The van der Waals surface area contributed by atoms with Gasteiger partial charge in [0.05, 0.1) is 0 Å². The number of nitrogens with one attached hydrogen (secondary N) is 1. The van der Waals surface area contributed by atoms with E-state index in [-0.39, 0.29) is 11.8 Å². The highest BCUT2D eigenvalue weighted by Crippen LogP contribution is 2.34. The number of rotatable bonds is 6. The van der Waals surface area contributed by atoms with Crippen LogP contribution in [0.2, 0.25) is 0 Å². The molecule has 0 unspecified atom stereocenters. The first-order chi connectivity index (χ1) is 12.7. The van der Waals surface area contributed by atoms with Gasteiger partial charge in [0, 0.05) is 42.8 Å². The van der Waals surface area contributed by atoms with E-state index in [1.54, 1.807) is 24.2 Å². The number of nitrogens with zero attached hydrogens (tertiary/aromatic N) is 3. The minimum Gasteiger partial charge on any atom is -0.356 e. The zero-order chi connectivity index (χ0) is 18.4. The van der Waals surface area contributed by atoms with E-state index in [9.17, 15) is 4.79 Å². The average molecular weight is 371 g/mol. The highest BCUT2D eigenvalue weighted by atomic mass is 32.2. The summed E-state index contributed by atoms with van der Waals surface area (Å²) < 4.78 is 0. The summed E-state index contributed by atoms with van der Waals surface area (Å²) in [5.41, 5.74) is 1.25. The van der Waals surface area contributed by atoms with Gasteiger partial charge in [0.2, 0.25) is 5.91 Å². The van der Waals surface area contributed by atoms with E-state index in [1.807, 2.05) is 0 Å². The van der Waals surface area contributed by atoms with Gasteiger partial charge in [0.15, 0.2) is 5.82 Å². The molecule has 0 aliphatic carbocycles. The van der Waals surface area contributed by atoms with E-state index < -0.39 is 0 Å². The van der Waals surface area contributed by atoms with Crippen molar-refractivity contribution in [1.29, 1.82) is 0 Å². The van der Waals surface area contributed by atoms with Crippen LogP contribution in [0.25, 0.3) is 0 Å². The van der Waals surface area contributed by atoms with Crippen LogP contribution >= 0.6 is 11.8 Å². The molecular formula is C20H26N4OS. The highest BCUT2D eigenvalue weighted by Gasteiger charge is 2.26. The number of amides is 1. The molecule has 1 aliphatic rings. The second-order valence-electron chi connectivity index (χ2n) is 6.65. The number of carbonyl (C=O) groups excluding carboxylic acids is 1.